The van der Waals surface area contributed by atoms with E-state index in [0.29, 0.717) is 24.3 Å². The van der Waals surface area contributed by atoms with Gasteiger partial charge in [-0.25, -0.2) is 4.39 Å². The lowest BCUT2D eigenvalue weighted by Crippen LogP contribution is -2.45. The van der Waals surface area contributed by atoms with Crippen molar-refractivity contribution in [2.24, 2.45) is 0 Å². The third-order valence-corrected chi connectivity index (χ3v) is 4.52. The van der Waals surface area contributed by atoms with E-state index in [1.807, 2.05) is 18.7 Å². The SMILES string of the molecule is CC1CN(c2ccc(NC(=O)/C=C/c3ccccc3OC(F)F)cc2F)CC(C)O1. The lowest BCUT2D eigenvalue weighted by Gasteiger charge is -2.37. The van der Waals surface area contributed by atoms with E-state index in [2.05, 4.69) is 10.1 Å². The van der Waals surface area contributed by atoms with Gasteiger partial charge in [0.2, 0.25) is 5.91 Å². The Bertz CT molecular complexity index is 910. The zero-order valence-electron chi connectivity index (χ0n) is 16.6. The Labute approximate surface area is 173 Å². The van der Waals surface area contributed by atoms with Crippen LogP contribution in [-0.4, -0.2) is 37.8 Å². The topological polar surface area (TPSA) is 50.8 Å². The summed E-state index contributed by atoms with van der Waals surface area (Å²) < 4.78 is 49.6. The molecule has 1 N–H and O–H groups in total. The first-order valence-corrected chi connectivity index (χ1v) is 9.54. The Morgan fingerprint density at radius 3 is 2.57 bits per heavy atom. The molecular formula is C22H23F3N2O3. The second-order valence-corrected chi connectivity index (χ2v) is 7.07. The normalized spacial score (nSPS) is 19.3. The Morgan fingerprint density at radius 2 is 1.90 bits per heavy atom. The highest BCUT2D eigenvalue weighted by Crippen LogP contribution is 2.26. The van der Waals surface area contributed by atoms with Crippen LogP contribution in [0.15, 0.2) is 48.5 Å². The number of nitrogens with zero attached hydrogens (tertiary/aromatic N) is 1. The third kappa shape index (κ3) is 5.76. The van der Waals surface area contributed by atoms with Crippen molar-refractivity contribution in [1.29, 1.82) is 0 Å². The Balaban J connectivity index is 1.66. The minimum absolute atomic E-state index is 0.00501. The zero-order valence-corrected chi connectivity index (χ0v) is 16.6. The van der Waals surface area contributed by atoms with Crippen molar-refractivity contribution in [3.63, 3.8) is 0 Å². The zero-order chi connectivity index (χ0) is 21.7. The van der Waals surface area contributed by atoms with Crippen molar-refractivity contribution >= 4 is 23.4 Å². The number of para-hydroxylation sites is 1. The maximum atomic E-state index is 14.6. The van der Waals surface area contributed by atoms with Gasteiger partial charge in [-0.2, -0.15) is 8.78 Å². The summed E-state index contributed by atoms with van der Waals surface area (Å²) >= 11 is 0. The van der Waals surface area contributed by atoms with E-state index in [1.165, 1.54) is 24.3 Å². The van der Waals surface area contributed by atoms with Crippen molar-refractivity contribution in [3.8, 4) is 5.75 Å². The van der Waals surface area contributed by atoms with Crippen LogP contribution in [0.1, 0.15) is 19.4 Å². The number of rotatable bonds is 6. The van der Waals surface area contributed by atoms with E-state index in [9.17, 15) is 18.0 Å². The number of alkyl halides is 2. The molecule has 0 aliphatic carbocycles. The first kappa shape index (κ1) is 21.7. The molecule has 160 valence electrons. The standard InChI is InChI=1S/C22H23F3N2O3/c1-14-12-27(13-15(2)29-14)19-9-8-17(11-18(19)23)26-21(28)10-7-16-5-3-4-6-20(16)30-22(24)25/h3-11,14-15,22H,12-13H2,1-2H3,(H,26,28)/b10-7+. The number of ether oxygens (including phenoxy) is 2. The highest BCUT2D eigenvalue weighted by Gasteiger charge is 2.24. The molecule has 1 fully saturated rings. The van der Waals surface area contributed by atoms with E-state index < -0.39 is 18.3 Å². The van der Waals surface area contributed by atoms with Crippen LogP contribution in [0.5, 0.6) is 5.75 Å². The number of carbonyl (C=O) groups excluding carboxylic acids is 1. The number of halogens is 3. The van der Waals surface area contributed by atoms with Crippen LogP contribution >= 0.6 is 0 Å². The molecule has 30 heavy (non-hydrogen) atoms. The molecule has 0 bridgehead atoms. The molecule has 1 heterocycles. The molecule has 8 heteroatoms. The Kier molecular flexibility index (Phi) is 6.99. The quantitative estimate of drug-likeness (QED) is 0.689. The van der Waals surface area contributed by atoms with Crippen LogP contribution < -0.4 is 15.0 Å². The molecule has 2 atom stereocenters. The van der Waals surface area contributed by atoms with Crippen molar-refractivity contribution < 1.29 is 27.4 Å². The molecular weight excluding hydrogens is 397 g/mol. The van der Waals surface area contributed by atoms with Gasteiger partial charge >= 0.3 is 6.61 Å². The van der Waals surface area contributed by atoms with Gasteiger partial charge in [-0.1, -0.05) is 18.2 Å². The van der Waals surface area contributed by atoms with E-state index in [4.69, 9.17) is 4.74 Å². The number of amides is 1. The predicted octanol–water partition coefficient (Wildman–Crippen LogP) is 4.69. The van der Waals surface area contributed by atoms with Gasteiger partial charge in [0.05, 0.1) is 17.9 Å². The van der Waals surface area contributed by atoms with E-state index >= 15 is 0 Å². The number of nitrogens with one attached hydrogen (secondary N) is 1. The molecule has 2 aromatic rings. The fraction of sp³-hybridized carbons (Fsp3) is 0.318. The number of anilines is 2. The summed E-state index contributed by atoms with van der Waals surface area (Å²) in [6.45, 7) is 2.07. The summed E-state index contributed by atoms with van der Waals surface area (Å²) in [4.78, 5) is 14.1. The average molecular weight is 420 g/mol. The summed E-state index contributed by atoms with van der Waals surface area (Å²) in [6.07, 6.45) is 2.52. The van der Waals surface area contributed by atoms with Gasteiger partial charge in [-0.15, -0.1) is 0 Å². The van der Waals surface area contributed by atoms with Crippen LogP contribution in [0.4, 0.5) is 24.5 Å². The van der Waals surface area contributed by atoms with Gasteiger partial charge in [0.15, 0.2) is 0 Å². The number of benzene rings is 2. The first-order valence-electron chi connectivity index (χ1n) is 9.54. The van der Waals surface area contributed by atoms with Crippen LogP contribution in [0, 0.1) is 5.82 Å². The van der Waals surface area contributed by atoms with Gasteiger partial charge in [0.25, 0.3) is 0 Å². The van der Waals surface area contributed by atoms with Gasteiger partial charge in [-0.3, -0.25) is 4.79 Å². The second kappa shape index (κ2) is 9.67. The van der Waals surface area contributed by atoms with E-state index in [0.717, 1.165) is 0 Å². The molecule has 0 radical (unpaired) electrons. The van der Waals surface area contributed by atoms with Gasteiger partial charge in [-0.05, 0) is 44.2 Å². The molecule has 1 saturated heterocycles. The van der Waals surface area contributed by atoms with E-state index in [1.54, 1.807) is 30.3 Å². The van der Waals surface area contributed by atoms with E-state index in [-0.39, 0.29) is 23.6 Å². The number of carbonyl (C=O) groups is 1. The molecule has 1 aliphatic rings. The maximum absolute atomic E-state index is 14.6. The monoisotopic (exact) mass is 420 g/mol. The smallest absolute Gasteiger partial charge is 0.387 e. The van der Waals surface area contributed by atoms with Crippen LogP contribution in [0.2, 0.25) is 0 Å². The van der Waals surface area contributed by atoms with Crippen molar-refractivity contribution in [3.05, 3.63) is 59.9 Å². The van der Waals surface area contributed by atoms with Crippen LogP contribution in [0.25, 0.3) is 6.08 Å². The Morgan fingerprint density at radius 1 is 1.20 bits per heavy atom. The van der Waals surface area contributed by atoms with Crippen molar-refractivity contribution in [2.75, 3.05) is 23.3 Å². The number of hydrogen-bond donors (Lipinski definition) is 1. The maximum Gasteiger partial charge on any atom is 0.387 e. The van der Waals surface area contributed by atoms with Crippen LogP contribution in [0.3, 0.4) is 0 Å². The summed E-state index contributed by atoms with van der Waals surface area (Å²) in [5.41, 5.74) is 1.06. The number of morpholine rings is 1. The largest absolute Gasteiger partial charge is 0.434 e. The minimum atomic E-state index is -2.97. The molecule has 5 nitrogen and oxygen atoms in total. The minimum Gasteiger partial charge on any atom is -0.434 e. The highest BCUT2D eigenvalue weighted by atomic mass is 19.3. The molecule has 0 spiro atoms. The average Bonchev–Trinajstić information content (AvgIpc) is 2.66. The fourth-order valence-electron chi connectivity index (χ4n) is 3.39. The fourth-order valence-corrected chi connectivity index (χ4v) is 3.39. The highest BCUT2D eigenvalue weighted by molar-refractivity contribution is 6.02. The summed E-state index contributed by atoms with van der Waals surface area (Å²) in [7, 11) is 0. The Hall–Kier alpha value is -3.00. The number of hydrogen-bond acceptors (Lipinski definition) is 4. The van der Waals surface area contributed by atoms with Gasteiger partial charge in [0.1, 0.15) is 11.6 Å². The lowest BCUT2D eigenvalue weighted by molar-refractivity contribution is -0.111. The van der Waals surface area contributed by atoms with Crippen LogP contribution in [-0.2, 0) is 9.53 Å². The van der Waals surface area contributed by atoms with Crippen molar-refractivity contribution in [1.82, 2.24) is 0 Å². The molecule has 1 aliphatic heterocycles. The van der Waals surface area contributed by atoms with Gasteiger partial charge < -0.3 is 19.7 Å². The lowest BCUT2D eigenvalue weighted by atomic mass is 10.1. The van der Waals surface area contributed by atoms with Crippen molar-refractivity contribution in [2.45, 2.75) is 32.7 Å². The molecule has 1 amide bonds. The summed E-state index contributed by atoms with van der Waals surface area (Å²) in [5, 5.41) is 2.56. The molecule has 2 unspecified atom stereocenters. The third-order valence-electron chi connectivity index (χ3n) is 4.52. The van der Waals surface area contributed by atoms with Gasteiger partial charge in [0, 0.05) is 30.4 Å². The molecule has 2 aromatic carbocycles. The first-order chi connectivity index (χ1) is 14.3. The predicted molar refractivity (Wildman–Crippen MR) is 109 cm³/mol. The summed E-state index contributed by atoms with van der Waals surface area (Å²) in [5.74, 6) is -1.02. The molecule has 3 rings (SSSR count). The molecule has 0 saturated carbocycles. The summed E-state index contributed by atoms with van der Waals surface area (Å²) in [6, 6.07) is 10.6. The molecule has 0 aromatic heterocycles. The second-order valence-electron chi connectivity index (χ2n) is 7.07.